The molecule has 120 valence electrons. The van der Waals surface area contributed by atoms with Gasteiger partial charge in [0.05, 0.1) is 11.3 Å². The fourth-order valence-corrected chi connectivity index (χ4v) is 2.87. The van der Waals surface area contributed by atoms with Gasteiger partial charge < -0.3 is 9.80 Å². The minimum absolute atomic E-state index is 0.0104. The first kappa shape index (κ1) is 15.7. The van der Waals surface area contributed by atoms with Crippen LogP contribution in [0.3, 0.4) is 0 Å². The highest BCUT2D eigenvalue weighted by molar-refractivity contribution is 7.98. The van der Waals surface area contributed by atoms with Crippen LogP contribution in [0.1, 0.15) is 16.1 Å². The molecule has 1 aliphatic heterocycles. The number of carbonyl (C=O) groups is 1. The Kier molecular flexibility index (Phi) is 4.71. The molecule has 0 aliphatic carbocycles. The molecule has 2 aromatic rings. The van der Waals surface area contributed by atoms with Crippen LogP contribution in [0.25, 0.3) is 0 Å². The molecular weight excluding hydrogens is 312 g/mol. The molecule has 0 unspecified atom stereocenters. The van der Waals surface area contributed by atoms with Crippen LogP contribution in [0.15, 0.2) is 29.8 Å². The zero-order valence-electron chi connectivity index (χ0n) is 13.1. The first-order valence-electron chi connectivity index (χ1n) is 7.38. The van der Waals surface area contributed by atoms with E-state index in [9.17, 15) is 4.79 Å². The maximum absolute atomic E-state index is 12.7. The summed E-state index contributed by atoms with van der Waals surface area (Å²) in [5.41, 5.74) is 1.30. The van der Waals surface area contributed by atoms with E-state index in [0.717, 1.165) is 18.8 Å². The molecule has 7 nitrogen and oxygen atoms in total. The zero-order valence-corrected chi connectivity index (χ0v) is 14.0. The smallest absolute Gasteiger partial charge is 0.257 e. The number of nitrogens with zero attached hydrogens (tertiary/aromatic N) is 6. The number of aromatic nitrogens is 4. The van der Waals surface area contributed by atoms with E-state index in [1.165, 1.54) is 11.8 Å². The van der Waals surface area contributed by atoms with E-state index in [1.807, 2.05) is 18.1 Å². The van der Waals surface area contributed by atoms with Gasteiger partial charge in [-0.1, -0.05) is 11.8 Å². The van der Waals surface area contributed by atoms with Gasteiger partial charge in [-0.05, 0) is 19.2 Å². The quantitative estimate of drug-likeness (QED) is 0.619. The summed E-state index contributed by atoms with van der Waals surface area (Å²) in [5, 5.41) is 0.685. The van der Waals surface area contributed by atoms with E-state index < -0.39 is 0 Å². The predicted molar refractivity (Wildman–Crippen MR) is 88.7 cm³/mol. The average Bonchev–Trinajstić information content (AvgIpc) is 2.62. The number of piperazine rings is 1. The lowest BCUT2D eigenvalue weighted by Gasteiger charge is -2.34. The monoisotopic (exact) mass is 330 g/mol. The highest BCUT2D eigenvalue weighted by atomic mass is 32.2. The Morgan fingerprint density at radius 2 is 1.83 bits per heavy atom. The number of aryl methyl sites for hydroxylation is 1. The van der Waals surface area contributed by atoms with Crippen molar-refractivity contribution in [3.8, 4) is 0 Å². The van der Waals surface area contributed by atoms with Crippen molar-refractivity contribution in [1.82, 2.24) is 24.8 Å². The van der Waals surface area contributed by atoms with Crippen LogP contribution in [-0.4, -0.2) is 63.2 Å². The van der Waals surface area contributed by atoms with Crippen molar-refractivity contribution >= 4 is 23.6 Å². The maximum Gasteiger partial charge on any atom is 0.257 e. The highest BCUT2D eigenvalue weighted by Gasteiger charge is 2.24. The summed E-state index contributed by atoms with van der Waals surface area (Å²) in [6, 6.07) is 1.80. The lowest BCUT2D eigenvalue weighted by Crippen LogP contribution is -2.49. The van der Waals surface area contributed by atoms with Gasteiger partial charge in [-0.2, -0.15) is 0 Å². The lowest BCUT2D eigenvalue weighted by atomic mass is 10.2. The SMILES string of the molecule is CSc1ncc(C(=O)N2CCN(c3ncccn3)CC2)c(C)n1. The van der Waals surface area contributed by atoms with Crippen LogP contribution < -0.4 is 4.90 Å². The number of anilines is 1. The van der Waals surface area contributed by atoms with Crippen LogP contribution in [0.4, 0.5) is 5.95 Å². The van der Waals surface area contributed by atoms with Gasteiger partial charge in [0.25, 0.3) is 5.91 Å². The van der Waals surface area contributed by atoms with E-state index in [2.05, 4.69) is 24.8 Å². The van der Waals surface area contributed by atoms with Crippen molar-refractivity contribution < 1.29 is 4.79 Å². The van der Waals surface area contributed by atoms with Gasteiger partial charge in [0, 0.05) is 44.8 Å². The molecule has 3 heterocycles. The van der Waals surface area contributed by atoms with Crippen LogP contribution in [0, 0.1) is 6.92 Å². The van der Waals surface area contributed by atoms with Crippen LogP contribution in [0.5, 0.6) is 0 Å². The number of hydrogen-bond donors (Lipinski definition) is 0. The third-order valence-electron chi connectivity index (χ3n) is 3.77. The number of hydrogen-bond acceptors (Lipinski definition) is 7. The summed E-state index contributed by atoms with van der Waals surface area (Å²) in [7, 11) is 0. The molecule has 1 saturated heterocycles. The van der Waals surface area contributed by atoms with Gasteiger partial charge in [-0.3, -0.25) is 4.79 Å². The molecule has 8 heteroatoms. The maximum atomic E-state index is 12.7. The van der Waals surface area contributed by atoms with E-state index in [4.69, 9.17) is 0 Å². The minimum Gasteiger partial charge on any atom is -0.337 e. The van der Waals surface area contributed by atoms with Gasteiger partial charge in [-0.15, -0.1) is 0 Å². The average molecular weight is 330 g/mol. The summed E-state index contributed by atoms with van der Waals surface area (Å²) < 4.78 is 0. The molecule has 0 atom stereocenters. The topological polar surface area (TPSA) is 75.1 Å². The molecule has 1 amide bonds. The first-order valence-corrected chi connectivity index (χ1v) is 8.60. The van der Waals surface area contributed by atoms with Crippen molar-refractivity contribution in [2.24, 2.45) is 0 Å². The summed E-state index contributed by atoms with van der Waals surface area (Å²) >= 11 is 1.47. The molecule has 0 spiro atoms. The Morgan fingerprint density at radius 1 is 1.13 bits per heavy atom. The molecule has 3 rings (SSSR count). The van der Waals surface area contributed by atoms with Gasteiger partial charge in [-0.25, -0.2) is 19.9 Å². The Morgan fingerprint density at radius 3 is 2.43 bits per heavy atom. The number of thioether (sulfide) groups is 1. The minimum atomic E-state index is -0.0104. The molecule has 0 saturated carbocycles. The van der Waals surface area contributed by atoms with Crippen LogP contribution in [-0.2, 0) is 0 Å². The van der Waals surface area contributed by atoms with Crippen molar-refractivity contribution in [3.63, 3.8) is 0 Å². The molecule has 0 N–H and O–H groups in total. The lowest BCUT2D eigenvalue weighted by molar-refractivity contribution is 0.0744. The molecule has 0 radical (unpaired) electrons. The summed E-state index contributed by atoms with van der Waals surface area (Å²) in [4.78, 5) is 33.6. The molecule has 0 bridgehead atoms. The second-order valence-electron chi connectivity index (χ2n) is 5.18. The van der Waals surface area contributed by atoms with Crippen molar-refractivity contribution in [1.29, 1.82) is 0 Å². The third-order valence-corrected chi connectivity index (χ3v) is 4.33. The van der Waals surface area contributed by atoms with E-state index in [0.29, 0.717) is 29.8 Å². The molecule has 1 aliphatic rings. The number of rotatable bonds is 3. The second kappa shape index (κ2) is 6.91. The van der Waals surface area contributed by atoms with E-state index >= 15 is 0 Å². The fourth-order valence-electron chi connectivity index (χ4n) is 2.49. The number of amides is 1. The standard InChI is InChI=1S/C15H18N6OS/c1-11-12(10-18-15(19-11)23-2)13(22)20-6-8-21(9-7-20)14-16-4-3-5-17-14/h3-5,10H,6-9H2,1-2H3. The second-order valence-corrected chi connectivity index (χ2v) is 5.96. The van der Waals surface area contributed by atoms with E-state index in [1.54, 1.807) is 24.7 Å². The van der Waals surface area contributed by atoms with Crippen molar-refractivity contribution in [2.75, 3.05) is 37.3 Å². The molecule has 2 aromatic heterocycles. The highest BCUT2D eigenvalue weighted by Crippen LogP contribution is 2.16. The van der Waals surface area contributed by atoms with Crippen molar-refractivity contribution in [3.05, 3.63) is 35.9 Å². The molecule has 23 heavy (non-hydrogen) atoms. The Hall–Kier alpha value is -2.22. The molecular formula is C15H18N6OS. The summed E-state index contributed by atoms with van der Waals surface area (Å²) in [5.74, 6) is 0.701. The first-order chi connectivity index (χ1) is 11.2. The van der Waals surface area contributed by atoms with Crippen molar-refractivity contribution in [2.45, 2.75) is 12.1 Å². The Balaban J connectivity index is 1.66. The van der Waals surface area contributed by atoms with Crippen LogP contribution >= 0.6 is 11.8 Å². The normalized spacial score (nSPS) is 14.9. The van der Waals surface area contributed by atoms with Crippen LogP contribution in [0.2, 0.25) is 0 Å². The van der Waals surface area contributed by atoms with E-state index in [-0.39, 0.29) is 5.91 Å². The van der Waals surface area contributed by atoms with Gasteiger partial charge in [0.2, 0.25) is 5.95 Å². The molecule has 0 aromatic carbocycles. The summed E-state index contributed by atoms with van der Waals surface area (Å²) in [6.45, 7) is 4.57. The van der Waals surface area contributed by atoms with Gasteiger partial charge in [0.15, 0.2) is 5.16 Å². The predicted octanol–water partition coefficient (Wildman–Crippen LogP) is 1.26. The Labute approximate surface area is 139 Å². The Bertz CT molecular complexity index is 688. The molecule has 1 fully saturated rings. The largest absolute Gasteiger partial charge is 0.337 e. The van der Waals surface area contributed by atoms with Gasteiger partial charge in [0.1, 0.15) is 0 Å². The fraction of sp³-hybridized carbons (Fsp3) is 0.400. The number of carbonyl (C=O) groups excluding carboxylic acids is 1. The van der Waals surface area contributed by atoms with Gasteiger partial charge >= 0.3 is 0 Å². The zero-order chi connectivity index (χ0) is 16.2. The third kappa shape index (κ3) is 3.42. The summed E-state index contributed by atoms with van der Waals surface area (Å²) in [6.07, 6.45) is 7.01.